The summed E-state index contributed by atoms with van der Waals surface area (Å²) in [4.78, 5) is 13.9. The lowest BCUT2D eigenvalue weighted by Gasteiger charge is -2.28. The third-order valence-electron chi connectivity index (χ3n) is 4.61. The minimum Gasteiger partial charge on any atom is -0.360 e. The van der Waals surface area contributed by atoms with E-state index in [-0.39, 0.29) is 11.8 Å². The van der Waals surface area contributed by atoms with Crippen LogP contribution in [0, 0.1) is 9.87 Å². The summed E-state index contributed by atoms with van der Waals surface area (Å²) in [5.74, 6) is 0.218. The minimum atomic E-state index is 0.0872. The van der Waals surface area contributed by atoms with Gasteiger partial charge in [-0.1, -0.05) is 36.5 Å². The van der Waals surface area contributed by atoms with Crippen LogP contribution in [0.2, 0.25) is 0 Å². The quantitative estimate of drug-likeness (QED) is 0.633. The van der Waals surface area contributed by atoms with Crippen LogP contribution in [0.4, 0.5) is 10.8 Å². The Morgan fingerprint density at radius 2 is 2.08 bits per heavy atom. The van der Waals surface area contributed by atoms with Crippen LogP contribution in [0.25, 0.3) is 0 Å². The van der Waals surface area contributed by atoms with Gasteiger partial charge in [-0.15, -0.1) is 5.10 Å². The van der Waals surface area contributed by atoms with Gasteiger partial charge in [-0.3, -0.25) is 4.79 Å². The highest BCUT2D eigenvalue weighted by Crippen LogP contribution is 2.15. The maximum Gasteiger partial charge on any atom is 0.227 e. The third-order valence-corrected chi connectivity index (χ3v) is 5.88. The molecule has 0 bridgehead atoms. The van der Waals surface area contributed by atoms with Gasteiger partial charge < -0.3 is 15.5 Å². The first-order valence-corrected chi connectivity index (χ1v) is 10.4. The van der Waals surface area contributed by atoms with Crippen LogP contribution in [0.1, 0.15) is 26.2 Å². The number of likely N-dealkylation sites (tertiary alicyclic amines) is 1. The Balaban J connectivity index is 1.48. The zero-order valence-electron chi connectivity index (χ0n) is 15.0. The molecule has 0 spiro atoms. The molecule has 0 unspecified atom stereocenters. The Morgan fingerprint density at radius 3 is 2.77 bits per heavy atom. The maximum atomic E-state index is 12.4. The number of aromatic nitrogens is 2. The molecule has 1 saturated heterocycles. The number of benzene rings is 1. The lowest BCUT2D eigenvalue weighted by atomic mass is 9.96. The number of hydrogen-bond donors (Lipinski definition) is 3. The summed E-state index contributed by atoms with van der Waals surface area (Å²) in [6.45, 7) is 5.74. The van der Waals surface area contributed by atoms with Gasteiger partial charge in [-0.05, 0) is 30.8 Å². The van der Waals surface area contributed by atoms with Gasteiger partial charge in [-0.25, -0.2) is 0 Å². The Kier molecular flexibility index (Phi) is 6.76. The van der Waals surface area contributed by atoms with E-state index in [9.17, 15) is 4.79 Å². The van der Waals surface area contributed by atoms with E-state index in [0.717, 1.165) is 60.3 Å². The van der Waals surface area contributed by atoms with Crippen molar-refractivity contribution in [1.82, 2.24) is 9.78 Å². The highest BCUT2D eigenvalue weighted by molar-refractivity contribution is 7.73. The second-order valence-corrected chi connectivity index (χ2v) is 8.26. The van der Waals surface area contributed by atoms with E-state index in [4.69, 9.17) is 12.2 Å². The van der Waals surface area contributed by atoms with Gasteiger partial charge in [0.2, 0.25) is 11.0 Å². The van der Waals surface area contributed by atoms with Gasteiger partial charge in [0.05, 0.1) is 13.1 Å². The van der Waals surface area contributed by atoms with Crippen LogP contribution in [-0.2, 0) is 11.5 Å². The number of carbonyl (C=O) groups excluding carboxylic acids is 1. The summed E-state index contributed by atoms with van der Waals surface area (Å²) in [7, 11) is 0. The topological polar surface area (TPSA) is 63.4 Å². The molecule has 3 rings (SSSR count). The lowest BCUT2D eigenvalue weighted by Crippen LogP contribution is -3.12. The number of hydrogen-bond acceptors (Lipinski definition) is 5. The second-order valence-electron chi connectivity index (χ2n) is 6.64. The first kappa shape index (κ1) is 19.0. The van der Waals surface area contributed by atoms with Gasteiger partial charge in [0.1, 0.15) is 0 Å². The van der Waals surface area contributed by atoms with Gasteiger partial charge in [0.25, 0.3) is 0 Å². The fraction of sp³-hybridized carbons (Fsp3) is 0.500. The summed E-state index contributed by atoms with van der Waals surface area (Å²) < 4.78 is 2.72. The number of rotatable bonds is 7. The maximum absolute atomic E-state index is 12.4. The molecule has 0 radical (unpaired) electrons. The van der Waals surface area contributed by atoms with Crippen LogP contribution in [0.3, 0.4) is 0 Å². The number of nitrogens with zero attached hydrogens (tertiary/aromatic N) is 2. The van der Waals surface area contributed by atoms with Crippen LogP contribution >= 0.6 is 23.6 Å². The predicted molar refractivity (Wildman–Crippen MR) is 108 cm³/mol. The Hall–Kier alpha value is -1.77. The van der Waals surface area contributed by atoms with E-state index in [1.54, 1.807) is 0 Å². The van der Waals surface area contributed by atoms with E-state index in [2.05, 4.69) is 22.7 Å². The molecule has 0 aliphatic carbocycles. The van der Waals surface area contributed by atoms with Gasteiger partial charge >= 0.3 is 0 Å². The smallest absolute Gasteiger partial charge is 0.227 e. The molecular formula is C18H26N5OS2+. The van der Waals surface area contributed by atoms with E-state index < -0.39 is 0 Å². The molecule has 1 aromatic carbocycles. The standard InChI is InChI=1S/C18H25N5OS2/c1-2-10-19-17-21-23(18(25)26-17)13-22-11-8-14(9-12-22)16(24)20-15-6-4-3-5-7-15/h3-7,14H,2,8-13H2,1H3,(H,19,21)(H,20,24)/p+1. The highest BCUT2D eigenvalue weighted by Gasteiger charge is 2.28. The fourth-order valence-corrected chi connectivity index (χ4v) is 4.17. The largest absolute Gasteiger partial charge is 0.360 e. The molecule has 140 valence electrons. The van der Waals surface area contributed by atoms with Crippen molar-refractivity contribution in [2.24, 2.45) is 5.92 Å². The van der Waals surface area contributed by atoms with Crippen molar-refractivity contribution < 1.29 is 9.69 Å². The summed E-state index contributed by atoms with van der Waals surface area (Å²) in [5, 5.41) is 11.8. The van der Waals surface area contributed by atoms with Crippen molar-refractivity contribution in [3.05, 3.63) is 34.3 Å². The highest BCUT2D eigenvalue weighted by atomic mass is 32.1. The number of anilines is 2. The zero-order chi connectivity index (χ0) is 18.4. The molecule has 1 aliphatic heterocycles. The Bertz CT molecular complexity index is 765. The summed E-state index contributed by atoms with van der Waals surface area (Å²) in [6, 6.07) is 9.66. The molecule has 26 heavy (non-hydrogen) atoms. The van der Waals surface area contributed by atoms with Crippen molar-refractivity contribution in [2.45, 2.75) is 32.9 Å². The number of piperidine rings is 1. The number of quaternary nitrogens is 1. The van der Waals surface area contributed by atoms with Crippen LogP contribution in [0.5, 0.6) is 0 Å². The monoisotopic (exact) mass is 392 g/mol. The molecule has 1 aliphatic rings. The first-order valence-electron chi connectivity index (χ1n) is 9.17. The Labute approximate surface area is 163 Å². The van der Waals surface area contributed by atoms with Crippen LogP contribution in [-0.4, -0.2) is 35.3 Å². The molecule has 6 nitrogen and oxygen atoms in total. The number of nitrogens with one attached hydrogen (secondary N) is 3. The van der Waals surface area contributed by atoms with Crippen LogP contribution < -0.4 is 15.5 Å². The number of carbonyl (C=O) groups is 1. The SMILES string of the molecule is CCCNc1nn(C[NH+]2CCC(C(=O)Nc3ccccc3)CC2)c(=S)s1. The van der Waals surface area contributed by atoms with Gasteiger partial charge in [0, 0.05) is 31.0 Å². The second kappa shape index (κ2) is 9.25. The summed E-state index contributed by atoms with van der Waals surface area (Å²) in [5.41, 5.74) is 0.869. The first-order chi connectivity index (χ1) is 12.7. The average molecular weight is 393 g/mol. The minimum absolute atomic E-state index is 0.0872. The van der Waals surface area contributed by atoms with Crippen molar-refractivity contribution in [1.29, 1.82) is 0 Å². The number of para-hydroxylation sites is 1. The van der Waals surface area contributed by atoms with Crippen molar-refractivity contribution in [3.63, 3.8) is 0 Å². The molecular weight excluding hydrogens is 366 g/mol. The molecule has 8 heteroatoms. The lowest BCUT2D eigenvalue weighted by molar-refractivity contribution is -0.928. The molecule has 1 aromatic heterocycles. The molecule has 2 aromatic rings. The van der Waals surface area contributed by atoms with E-state index in [0.29, 0.717) is 0 Å². The fourth-order valence-electron chi connectivity index (χ4n) is 3.13. The molecule has 2 heterocycles. The zero-order valence-corrected chi connectivity index (χ0v) is 16.7. The van der Waals surface area contributed by atoms with Crippen molar-refractivity contribution in [2.75, 3.05) is 30.3 Å². The van der Waals surface area contributed by atoms with Crippen molar-refractivity contribution >= 4 is 40.3 Å². The Morgan fingerprint density at radius 1 is 1.35 bits per heavy atom. The van der Waals surface area contributed by atoms with E-state index in [1.807, 2.05) is 35.0 Å². The van der Waals surface area contributed by atoms with Gasteiger partial charge in [0.15, 0.2) is 10.6 Å². The summed E-state index contributed by atoms with van der Waals surface area (Å²) >= 11 is 6.96. The molecule has 1 fully saturated rings. The average Bonchev–Trinajstić information content (AvgIpc) is 3.01. The van der Waals surface area contributed by atoms with Crippen LogP contribution in [0.15, 0.2) is 30.3 Å². The molecule has 1 amide bonds. The molecule has 0 atom stereocenters. The number of amides is 1. The van der Waals surface area contributed by atoms with E-state index in [1.165, 1.54) is 16.2 Å². The summed E-state index contributed by atoms with van der Waals surface area (Å²) in [6.07, 6.45) is 2.86. The van der Waals surface area contributed by atoms with Gasteiger partial charge in [-0.2, -0.15) is 4.68 Å². The van der Waals surface area contributed by atoms with Crippen molar-refractivity contribution in [3.8, 4) is 0 Å². The normalized spacial score (nSPS) is 19.9. The van der Waals surface area contributed by atoms with E-state index >= 15 is 0 Å². The molecule has 0 saturated carbocycles. The molecule has 3 N–H and O–H groups in total. The third kappa shape index (κ3) is 5.12. The predicted octanol–water partition coefficient (Wildman–Crippen LogP) is 2.39.